The van der Waals surface area contributed by atoms with Gasteiger partial charge in [0, 0.05) is 24.2 Å². The summed E-state index contributed by atoms with van der Waals surface area (Å²) in [5, 5.41) is 0. The summed E-state index contributed by atoms with van der Waals surface area (Å²) in [6, 6.07) is 15.4. The van der Waals surface area contributed by atoms with E-state index in [1.807, 2.05) is 0 Å². The lowest BCUT2D eigenvalue weighted by Gasteiger charge is -2.01. The number of benzene rings is 2. The Bertz CT molecular complexity index is 617. The van der Waals surface area contributed by atoms with Gasteiger partial charge in [-0.2, -0.15) is 0 Å². The number of nitrogens with two attached hydrogens (primary N) is 2. The van der Waals surface area contributed by atoms with Gasteiger partial charge in [0.05, 0.1) is 0 Å². The standard InChI is InChI=1S/C16H12O2.C2H8N2/c1-2-12-8-10-14(11-9-12)16(18)15(17)13-6-4-3-5-7-13;3-1-2-4/h2-11H,1H2;1-4H2. The molecule has 0 spiro atoms. The van der Waals surface area contributed by atoms with Crippen molar-refractivity contribution in [1.82, 2.24) is 0 Å². The molecule has 0 saturated heterocycles. The van der Waals surface area contributed by atoms with E-state index >= 15 is 0 Å². The molecule has 0 radical (unpaired) electrons. The first-order chi connectivity index (χ1) is 10.6. The zero-order valence-electron chi connectivity index (χ0n) is 12.4. The largest absolute Gasteiger partial charge is 0.329 e. The van der Waals surface area contributed by atoms with Crippen LogP contribution in [0.5, 0.6) is 0 Å². The molecule has 0 atom stereocenters. The summed E-state index contributed by atoms with van der Waals surface area (Å²) in [5.41, 5.74) is 11.5. The van der Waals surface area contributed by atoms with Crippen molar-refractivity contribution in [3.63, 3.8) is 0 Å². The molecular formula is C18H20N2O2. The number of carbonyl (C=O) groups excluding carboxylic acids is 2. The highest BCUT2D eigenvalue weighted by Gasteiger charge is 2.17. The predicted molar refractivity (Wildman–Crippen MR) is 89.7 cm³/mol. The summed E-state index contributed by atoms with van der Waals surface area (Å²) in [6.07, 6.45) is 1.69. The highest BCUT2D eigenvalue weighted by atomic mass is 16.2. The molecule has 0 aliphatic rings. The van der Waals surface area contributed by atoms with Crippen LogP contribution in [0.3, 0.4) is 0 Å². The van der Waals surface area contributed by atoms with Gasteiger partial charge in [-0.1, -0.05) is 67.3 Å². The van der Waals surface area contributed by atoms with Crippen molar-refractivity contribution >= 4 is 17.6 Å². The Morgan fingerprint density at radius 2 is 1.27 bits per heavy atom. The molecule has 0 heterocycles. The van der Waals surface area contributed by atoms with Gasteiger partial charge in [0.2, 0.25) is 11.6 Å². The molecule has 0 aliphatic carbocycles. The van der Waals surface area contributed by atoms with E-state index in [-0.39, 0.29) is 0 Å². The zero-order chi connectivity index (χ0) is 16.4. The van der Waals surface area contributed by atoms with Gasteiger partial charge >= 0.3 is 0 Å². The van der Waals surface area contributed by atoms with Crippen LogP contribution in [0.15, 0.2) is 61.2 Å². The molecule has 0 bridgehead atoms. The minimum Gasteiger partial charge on any atom is -0.329 e. The lowest BCUT2D eigenvalue weighted by molar-refractivity contribution is 0.0817. The van der Waals surface area contributed by atoms with E-state index in [0.717, 1.165) is 5.56 Å². The molecule has 2 rings (SSSR count). The van der Waals surface area contributed by atoms with Crippen LogP contribution >= 0.6 is 0 Å². The summed E-state index contributed by atoms with van der Waals surface area (Å²) in [7, 11) is 0. The van der Waals surface area contributed by atoms with E-state index in [0.29, 0.717) is 24.2 Å². The van der Waals surface area contributed by atoms with E-state index in [1.165, 1.54) is 0 Å². The molecule has 2 aromatic carbocycles. The normalized spacial score (nSPS) is 9.36. The first kappa shape index (κ1) is 17.5. The maximum absolute atomic E-state index is 12.0. The number of ketones is 2. The average molecular weight is 296 g/mol. The smallest absolute Gasteiger partial charge is 0.233 e. The SMILES string of the molecule is C=Cc1ccc(C(=O)C(=O)c2ccccc2)cc1.NCCN. The lowest BCUT2D eigenvalue weighted by Crippen LogP contribution is -2.14. The minimum atomic E-state index is -0.489. The van der Waals surface area contributed by atoms with Crippen molar-refractivity contribution < 1.29 is 9.59 Å². The summed E-state index contributed by atoms with van der Waals surface area (Å²) >= 11 is 0. The van der Waals surface area contributed by atoms with Gasteiger partial charge < -0.3 is 11.5 Å². The molecule has 0 fully saturated rings. The van der Waals surface area contributed by atoms with Crippen molar-refractivity contribution in [1.29, 1.82) is 0 Å². The van der Waals surface area contributed by atoms with Gasteiger partial charge in [0.15, 0.2) is 0 Å². The van der Waals surface area contributed by atoms with Crippen molar-refractivity contribution in [3.8, 4) is 0 Å². The van der Waals surface area contributed by atoms with Gasteiger partial charge in [-0.15, -0.1) is 0 Å². The third-order valence-electron chi connectivity index (χ3n) is 2.82. The number of hydrogen-bond acceptors (Lipinski definition) is 4. The van der Waals surface area contributed by atoms with Gasteiger partial charge in [-0.3, -0.25) is 9.59 Å². The first-order valence-corrected chi connectivity index (χ1v) is 6.90. The van der Waals surface area contributed by atoms with Crippen LogP contribution in [0.25, 0.3) is 6.08 Å². The van der Waals surface area contributed by atoms with E-state index in [1.54, 1.807) is 60.7 Å². The monoisotopic (exact) mass is 296 g/mol. The Morgan fingerprint density at radius 1 is 0.818 bits per heavy atom. The Kier molecular flexibility index (Phi) is 7.47. The number of rotatable bonds is 5. The average Bonchev–Trinajstić information content (AvgIpc) is 2.61. The third-order valence-corrected chi connectivity index (χ3v) is 2.82. The zero-order valence-corrected chi connectivity index (χ0v) is 12.4. The summed E-state index contributed by atoms with van der Waals surface area (Å²) in [6.45, 7) is 4.83. The summed E-state index contributed by atoms with van der Waals surface area (Å²) < 4.78 is 0. The highest BCUT2D eigenvalue weighted by Crippen LogP contribution is 2.10. The molecule has 4 heteroatoms. The third kappa shape index (κ3) is 5.09. The molecule has 0 amide bonds. The van der Waals surface area contributed by atoms with Gasteiger partial charge in [0.1, 0.15) is 0 Å². The van der Waals surface area contributed by atoms with Crippen LogP contribution in [0.4, 0.5) is 0 Å². The molecule has 0 saturated carbocycles. The number of carbonyl (C=O) groups is 2. The Labute approximate surface area is 130 Å². The van der Waals surface area contributed by atoms with E-state index < -0.39 is 11.6 Å². The molecule has 0 aromatic heterocycles. The van der Waals surface area contributed by atoms with Crippen molar-refractivity contribution in [3.05, 3.63) is 77.9 Å². The van der Waals surface area contributed by atoms with Crippen molar-refractivity contribution in [2.24, 2.45) is 11.5 Å². The number of hydrogen-bond donors (Lipinski definition) is 2. The molecule has 22 heavy (non-hydrogen) atoms. The van der Waals surface area contributed by atoms with Crippen LogP contribution in [0, 0.1) is 0 Å². The van der Waals surface area contributed by atoms with Crippen LogP contribution < -0.4 is 11.5 Å². The fraction of sp³-hybridized carbons (Fsp3) is 0.111. The first-order valence-electron chi connectivity index (χ1n) is 6.90. The molecule has 2 aromatic rings. The van der Waals surface area contributed by atoms with Crippen LogP contribution in [0.1, 0.15) is 26.3 Å². The molecular weight excluding hydrogens is 276 g/mol. The van der Waals surface area contributed by atoms with Crippen LogP contribution in [-0.4, -0.2) is 24.7 Å². The van der Waals surface area contributed by atoms with Crippen LogP contribution in [0.2, 0.25) is 0 Å². The van der Waals surface area contributed by atoms with Gasteiger partial charge in [-0.05, 0) is 5.56 Å². The van der Waals surface area contributed by atoms with Gasteiger partial charge in [-0.25, -0.2) is 0 Å². The summed E-state index contributed by atoms with van der Waals surface area (Å²) in [5.74, 6) is -0.973. The van der Waals surface area contributed by atoms with E-state index in [4.69, 9.17) is 11.5 Å². The Morgan fingerprint density at radius 3 is 1.68 bits per heavy atom. The Balaban J connectivity index is 0.000000541. The number of Topliss-reactive ketones (excluding diaryl/α,β-unsaturated/α-hetero) is 2. The Hall–Kier alpha value is -2.56. The second-order valence-corrected chi connectivity index (χ2v) is 4.43. The molecule has 114 valence electrons. The fourth-order valence-electron chi connectivity index (χ4n) is 1.62. The predicted octanol–water partition coefficient (Wildman–Crippen LogP) is 2.30. The molecule has 0 aliphatic heterocycles. The second-order valence-electron chi connectivity index (χ2n) is 4.43. The quantitative estimate of drug-likeness (QED) is 0.655. The van der Waals surface area contributed by atoms with E-state index in [2.05, 4.69) is 6.58 Å². The molecule has 0 unspecified atom stereocenters. The van der Waals surface area contributed by atoms with Crippen LogP contribution in [-0.2, 0) is 0 Å². The maximum atomic E-state index is 12.0. The van der Waals surface area contributed by atoms with Gasteiger partial charge in [0.25, 0.3) is 0 Å². The minimum absolute atomic E-state index is 0.398. The maximum Gasteiger partial charge on any atom is 0.233 e. The molecule has 4 N–H and O–H groups in total. The van der Waals surface area contributed by atoms with Crippen molar-refractivity contribution in [2.75, 3.05) is 13.1 Å². The second kappa shape index (κ2) is 9.39. The summed E-state index contributed by atoms with van der Waals surface area (Å²) in [4.78, 5) is 23.9. The fourth-order valence-corrected chi connectivity index (χ4v) is 1.62. The van der Waals surface area contributed by atoms with Crippen molar-refractivity contribution in [2.45, 2.75) is 0 Å². The lowest BCUT2D eigenvalue weighted by atomic mass is 10.0. The molecule has 4 nitrogen and oxygen atoms in total. The topological polar surface area (TPSA) is 86.2 Å². The van der Waals surface area contributed by atoms with E-state index in [9.17, 15) is 9.59 Å². The highest BCUT2D eigenvalue weighted by molar-refractivity contribution is 6.49.